The van der Waals surface area contributed by atoms with E-state index in [0.29, 0.717) is 11.3 Å². The molecular weight excluding hydrogens is 379 g/mol. The van der Waals surface area contributed by atoms with Gasteiger partial charge in [-0.1, -0.05) is 18.2 Å². The summed E-state index contributed by atoms with van der Waals surface area (Å²) in [5.41, 5.74) is 2.99. The molecule has 0 aliphatic carbocycles. The first-order valence-corrected chi connectivity index (χ1v) is 8.49. The third kappa shape index (κ3) is 3.39. The molecule has 0 unspecified atom stereocenters. The van der Waals surface area contributed by atoms with Crippen molar-refractivity contribution in [3.63, 3.8) is 0 Å². The van der Waals surface area contributed by atoms with Crippen molar-refractivity contribution >= 4 is 29.5 Å². The van der Waals surface area contributed by atoms with Crippen molar-refractivity contribution in [1.82, 2.24) is 5.43 Å². The molecule has 1 saturated heterocycles. The summed E-state index contributed by atoms with van der Waals surface area (Å²) in [4.78, 5) is 36.2. The van der Waals surface area contributed by atoms with Crippen molar-refractivity contribution in [2.45, 2.75) is 0 Å². The van der Waals surface area contributed by atoms with Gasteiger partial charge in [-0.05, 0) is 48.5 Å². The number of furan rings is 1. The highest BCUT2D eigenvalue weighted by Gasteiger charge is 2.34. The van der Waals surface area contributed by atoms with E-state index < -0.39 is 23.6 Å². The van der Waals surface area contributed by atoms with Gasteiger partial charge in [0.2, 0.25) is 0 Å². The summed E-state index contributed by atoms with van der Waals surface area (Å²) in [5.74, 6) is -2.33. The lowest BCUT2D eigenvalue weighted by atomic mass is 10.1. The number of carbonyl (C=O) groups is 3. The Morgan fingerprint density at radius 3 is 2.48 bits per heavy atom. The van der Waals surface area contributed by atoms with Crippen molar-refractivity contribution < 1.29 is 28.3 Å². The molecule has 0 bridgehead atoms. The second-order valence-corrected chi connectivity index (χ2v) is 6.17. The number of hydrazine groups is 1. The molecule has 2 aromatic carbocycles. The van der Waals surface area contributed by atoms with Crippen LogP contribution in [-0.4, -0.2) is 22.9 Å². The fraction of sp³-hybridized carbons (Fsp3) is 0. The van der Waals surface area contributed by atoms with Gasteiger partial charge in [0.15, 0.2) is 0 Å². The zero-order chi connectivity index (χ0) is 20.5. The van der Waals surface area contributed by atoms with Gasteiger partial charge in [-0.25, -0.2) is 14.2 Å². The van der Waals surface area contributed by atoms with Crippen LogP contribution in [0.25, 0.3) is 17.4 Å². The summed E-state index contributed by atoms with van der Waals surface area (Å²) in [6.45, 7) is 0. The first-order chi connectivity index (χ1) is 13.9. The second-order valence-electron chi connectivity index (χ2n) is 6.17. The minimum atomic E-state index is -1.10. The van der Waals surface area contributed by atoms with E-state index in [2.05, 4.69) is 5.43 Å². The molecule has 0 saturated carbocycles. The van der Waals surface area contributed by atoms with Crippen molar-refractivity contribution in [2.24, 2.45) is 0 Å². The minimum Gasteiger partial charge on any atom is -0.478 e. The van der Waals surface area contributed by atoms with E-state index in [0.717, 1.165) is 5.01 Å². The van der Waals surface area contributed by atoms with Crippen LogP contribution in [0.4, 0.5) is 10.1 Å². The molecule has 29 heavy (non-hydrogen) atoms. The van der Waals surface area contributed by atoms with Crippen LogP contribution >= 0.6 is 0 Å². The first-order valence-electron chi connectivity index (χ1n) is 8.49. The smallest absolute Gasteiger partial charge is 0.336 e. The van der Waals surface area contributed by atoms with Gasteiger partial charge in [-0.2, -0.15) is 0 Å². The average molecular weight is 392 g/mol. The van der Waals surface area contributed by atoms with Crippen molar-refractivity contribution in [2.75, 3.05) is 5.01 Å². The number of nitrogens with one attached hydrogen (secondary N) is 1. The topological polar surface area (TPSA) is 99.9 Å². The van der Waals surface area contributed by atoms with Crippen molar-refractivity contribution in [3.05, 3.63) is 83.4 Å². The fourth-order valence-corrected chi connectivity index (χ4v) is 2.93. The van der Waals surface area contributed by atoms with Gasteiger partial charge in [-0.15, -0.1) is 0 Å². The molecule has 1 fully saturated rings. The third-order valence-electron chi connectivity index (χ3n) is 4.31. The molecule has 1 aromatic heterocycles. The summed E-state index contributed by atoms with van der Waals surface area (Å²) < 4.78 is 18.7. The number of amides is 2. The molecule has 4 rings (SSSR count). The number of halogens is 1. The molecule has 0 atom stereocenters. The Morgan fingerprint density at radius 1 is 1.03 bits per heavy atom. The molecule has 8 heteroatoms. The lowest BCUT2D eigenvalue weighted by molar-refractivity contribution is -0.117. The zero-order valence-corrected chi connectivity index (χ0v) is 14.8. The Hall–Kier alpha value is -4.20. The molecule has 2 N–H and O–H groups in total. The Morgan fingerprint density at radius 2 is 1.76 bits per heavy atom. The number of carbonyl (C=O) groups excluding carboxylic acids is 2. The first kappa shape index (κ1) is 18.2. The maximum absolute atomic E-state index is 13.1. The summed E-state index contributed by atoms with van der Waals surface area (Å²) in [6.07, 6.45) is 1.27. The SMILES string of the molecule is O=C1NN(c2ccc(F)cc2)C(=O)/C1=C\c1ccc(-c2ccccc2C(=O)O)o1. The monoisotopic (exact) mass is 392 g/mol. The van der Waals surface area contributed by atoms with E-state index >= 15 is 0 Å². The highest BCUT2D eigenvalue weighted by atomic mass is 19.1. The molecular formula is C21H13FN2O5. The van der Waals surface area contributed by atoms with Crippen LogP contribution in [0.5, 0.6) is 0 Å². The standard InChI is InChI=1S/C21H13FN2O5/c22-12-5-7-13(8-6-12)24-20(26)17(19(25)23-24)11-14-9-10-18(29-14)15-3-1-2-4-16(15)21(27)28/h1-11H,(H,23,25)(H,27,28)/b17-11-. The predicted molar refractivity (Wildman–Crippen MR) is 101 cm³/mol. The normalized spacial score (nSPS) is 15.1. The lowest BCUT2D eigenvalue weighted by Gasteiger charge is -2.14. The number of benzene rings is 2. The Kier molecular flexibility index (Phi) is 4.44. The van der Waals surface area contributed by atoms with Crippen LogP contribution in [-0.2, 0) is 9.59 Å². The molecule has 144 valence electrons. The number of carboxylic acids is 1. The van der Waals surface area contributed by atoms with Crippen molar-refractivity contribution in [3.8, 4) is 11.3 Å². The van der Waals surface area contributed by atoms with Gasteiger partial charge in [0.1, 0.15) is 22.9 Å². The van der Waals surface area contributed by atoms with Gasteiger partial charge in [0.05, 0.1) is 11.3 Å². The van der Waals surface area contributed by atoms with E-state index in [4.69, 9.17) is 4.42 Å². The van der Waals surface area contributed by atoms with Crippen LogP contribution in [0.15, 0.2) is 70.7 Å². The van der Waals surface area contributed by atoms with Crippen LogP contribution in [0, 0.1) is 5.82 Å². The number of rotatable bonds is 4. The lowest BCUT2D eigenvalue weighted by Crippen LogP contribution is -2.35. The third-order valence-corrected chi connectivity index (χ3v) is 4.31. The van der Waals surface area contributed by atoms with Crippen molar-refractivity contribution in [1.29, 1.82) is 0 Å². The van der Waals surface area contributed by atoms with Crippen LogP contribution in [0.3, 0.4) is 0 Å². The number of anilines is 1. The highest BCUT2D eigenvalue weighted by molar-refractivity contribution is 6.31. The molecule has 0 spiro atoms. The van der Waals surface area contributed by atoms with Crippen LogP contribution in [0.1, 0.15) is 16.1 Å². The summed E-state index contributed by atoms with van der Waals surface area (Å²) in [6, 6.07) is 14.5. The molecule has 2 amide bonds. The number of hydrogen-bond donors (Lipinski definition) is 2. The van der Waals surface area contributed by atoms with Crippen LogP contribution < -0.4 is 10.4 Å². The van der Waals surface area contributed by atoms with E-state index in [-0.39, 0.29) is 22.7 Å². The Balaban J connectivity index is 1.64. The van der Waals surface area contributed by atoms with E-state index in [9.17, 15) is 23.9 Å². The number of nitrogens with zero attached hydrogens (tertiary/aromatic N) is 1. The zero-order valence-electron chi connectivity index (χ0n) is 14.8. The number of carboxylic acid groups (broad SMARTS) is 1. The number of hydrogen-bond acceptors (Lipinski definition) is 4. The average Bonchev–Trinajstić information content (AvgIpc) is 3.29. The molecule has 1 aliphatic heterocycles. The highest BCUT2D eigenvalue weighted by Crippen LogP contribution is 2.28. The molecule has 0 radical (unpaired) electrons. The predicted octanol–water partition coefficient (Wildman–Crippen LogP) is 3.25. The Labute approximate surface area is 163 Å². The largest absolute Gasteiger partial charge is 0.478 e. The maximum atomic E-state index is 13.1. The van der Waals surface area contributed by atoms with Crippen LogP contribution in [0.2, 0.25) is 0 Å². The van der Waals surface area contributed by atoms with E-state index in [1.54, 1.807) is 24.3 Å². The summed E-state index contributed by atoms with van der Waals surface area (Å²) >= 11 is 0. The van der Waals surface area contributed by atoms with Gasteiger partial charge >= 0.3 is 5.97 Å². The van der Waals surface area contributed by atoms with Gasteiger partial charge in [-0.3, -0.25) is 15.0 Å². The second kappa shape index (κ2) is 7.08. The van der Waals surface area contributed by atoms with Gasteiger partial charge < -0.3 is 9.52 Å². The minimum absolute atomic E-state index is 0.0678. The fourth-order valence-electron chi connectivity index (χ4n) is 2.93. The maximum Gasteiger partial charge on any atom is 0.336 e. The van der Waals surface area contributed by atoms with E-state index in [1.165, 1.54) is 42.5 Å². The molecule has 2 heterocycles. The van der Waals surface area contributed by atoms with E-state index in [1.807, 2.05) is 0 Å². The molecule has 1 aliphatic rings. The van der Waals surface area contributed by atoms with Gasteiger partial charge in [0, 0.05) is 5.56 Å². The molecule has 3 aromatic rings. The number of aromatic carboxylic acids is 1. The Bertz CT molecular complexity index is 1160. The molecule has 7 nitrogen and oxygen atoms in total. The summed E-state index contributed by atoms with van der Waals surface area (Å²) in [7, 11) is 0. The van der Waals surface area contributed by atoms with Gasteiger partial charge in [0.25, 0.3) is 11.8 Å². The quantitative estimate of drug-likeness (QED) is 0.525. The summed E-state index contributed by atoms with van der Waals surface area (Å²) in [5, 5.41) is 10.3.